The van der Waals surface area contributed by atoms with Gasteiger partial charge in [-0.1, -0.05) is 24.1 Å². The molecule has 0 radical (unpaired) electrons. The van der Waals surface area contributed by atoms with E-state index >= 15 is 0 Å². The molecular weight excluding hydrogens is 366 g/mol. The zero-order chi connectivity index (χ0) is 19.7. The minimum Gasteiger partial charge on any atom is -0.497 e. The first-order valence-electron chi connectivity index (χ1n) is 9.72. The van der Waals surface area contributed by atoms with Gasteiger partial charge in [0.1, 0.15) is 11.8 Å². The molecule has 4 rings (SSSR count). The molecule has 5 heteroatoms. The molecule has 0 atom stereocenters. The minimum atomic E-state index is 0.707. The molecule has 2 aromatic carbocycles. The maximum Gasteiger partial charge on any atom is 0.120 e. The Hall–Kier alpha value is -2.58. The average molecular weight is 392 g/mol. The molecule has 1 aliphatic carbocycles. The van der Waals surface area contributed by atoms with Crippen LogP contribution in [-0.2, 0) is 6.54 Å². The van der Waals surface area contributed by atoms with Crippen molar-refractivity contribution >= 4 is 28.5 Å². The van der Waals surface area contributed by atoms with E-state index in [1.807, 2.05) is 12.1 Å². The third kappa shape index (κ3) is 3.33. The van der Waals surface area contributed by atoms with Crippen molar-refractivity contribution in [2.75, 3.05) is 24.2 Å². The van der Waals surface area contributed by atoms with Crippen molar-refractivity contribution in [2.24, 2.45) is 5.92 Å². The molecule has 1 aliphatic rings. The summed E-state index contributed by atoms with van der Waals surface area (Å²) in [6.07, 6.45) is 4.62. The molecule has 1 aromatic heterocycles. The third-order valence-electron chi connectivity index (χ3n) is 5.46. The molecule has 1 heterocycles. The number of methoxy groups -OCH3 is 1. The van der Waals surface area contributed by atoms with Crippen LogP contribution in [0.5, 0.6) is 5.75 Å². The summed E-state index contributed by atoms with van der Waals surface area (Å²) in [6.45, 7) is 4.05. The van der Waals surface area contributed by atoms with E-state index in [2.05, 4.69) is 58.5 Å². The summed E-state index contributed by atoms with van der Waals surface area (Å²) in [5, 5.41) is 11.0. The third-order valence-corrected chi connectivity index (χ3v) is 6.37. The van der Waals surface area contributed by atoms with Crippen LogP contribution in [0.3, 0.4) is 0 Å². The van der Waals surface area contributed by atoms with Crippen LogP contribution < -0.4 is 9.04 Å². The van der Waals surface area contributed by atoms with E-state index in [9.17, 15) is 5.26 Å². The number of nitriles is 1. The first kappa shape index (κ1) is 18.8. The van der Waals surface area contributed by atoms with Crippen LogP contribution in [0.2, 0.25) is 0 Å². The Morgan fingerprint density at radius 2 is 1.96 bits per heavy atom. The van der Waals surface area contributed by atoms with Crippen molar-refractivity contribution < 1.29 is 4.74 Å². The molecule has 0 spiro atoms. The number of hydrogen-bond acceptors (Lipinski definition) is 4. The largest absolute Gasteiger partial charge is 0.497 e. The molecule has 0 unspecified atom stereocenters. The van der Waals surface area contributed by atoms with Gasteiger partial charge in [0.05, 0.1) is 23.9 Å². The maximum atomic E-state index is 9.98. The van der Waals surface area contributed by atoms with Gasteiger partial charge in [-0.3, -0.25) is 0 Å². The van der Waals surface area contributed by atoms with Crippen LogP contribution in [0.15, 0.2) is 42.5 Å². The molecule has 0 N–H and O–H groups in total. The van der Waals surface area contributed by atoms with Crippen molar-refractivity contribution in [3.05, 3.63) is 48.0 Å². The van der Waals surface area contributed by atoms with Crippen LogP contribution in [0.25, 0.3) is 22.2 Å². The highest BCUT2D eigenvalue weighted by Crippen LogP contribution is 2.40. The van der Waals surface area contributed by atoms with Crippen molar-refractivity contribution in [1.29, 1.82) is 5.26 Å². The summed E-state index contributed by atoms with van der Waals surface area (Å²) >= 11 is 1.72. The predicted octanol–water partition coefficient (Wildman–Crippen LogP) is 5.70. The molecule has 0 aliphatic heterocycles. The molecule has 0 saturated heterocycles. The number of anilines is 1. The van der Waals surface area contributed by atoms with E-state index < -0.39 is 0 Å². The van der Waals surface area contributed by atoms with E-state index in [-0.39, 0.29) is 0 Å². The van der Waals surface area contributed by atoms with Gasteiger partial charge in [-0.2, -0.15) is 5.26 Å². The predicted molar refractivity (Wildman–Crippen MR) is 118 cm³/mol. The fourth-order valence-corrected chi connectivity index (χ4v) is 4.41. The van der Waals surface area contributed by atoms with Gasteiger partial charge in [0.25, 0.3) is 0 Å². The van der Waals surface area contributed by atoms with E-state index in [4.69, 9.17) is 4.74 Å². The summed E-state index contributed by atoms with van der Waals surface area (Å²) < 4.78 is 10.0. The smallest absolute Gasteiger partial charge is 0.120 e. The van der Waals surface area contributed by atoms with E-state index in [1.54, 1.807) is 19.1 Å². The normalized spacial score (nSPS) is 13.5. The molecule has 0 bridgehead atoms. The Bertz CT molecular complexity index is 1020. The Labute approximate surface area is 170 Å². The molecule has 144 valence electrons. The maximum absolute atomic E-state index is 9.98. The van der Waals surface area contributed by atoms with Crippen LogP contribution in [0.1, 0.15) is 25.3 Å². The highest BCUT2D eigenvalue weighted by Gasteiger charge is 2.26. The van der Waals surface area contributed by atoms with Crippen LogP contribution in [0, 0.1) is 17.2 Å². The second-order valence-electron chi connectivity index (χ2n) is 7.20. The van der Waals surface area contributed by atoms with Gasteiger partial charge in [-0.15, -0.1) is 0 Å². The Kier molecular flexibility index (Phi) is 5.23. The lowest BCUT2D eigenvalue weighted by molar-refractivity contribution is 0.415. The lowest BCUT2D eigenvalue weighted by Gasteiger charge is -2.20. The van der Waals surface area contributed by atoms with Gasteiger partial charge in [-0.05, 0) is 55.5 Å². The summed E-state index contributed by atoms with van der Waals surface area (Å²) in [7, 11) is 1.69. The first-order valence-corrected chi connectivity index (χ1v) is 10.9. The molecule has 1 fully saturated rings. The van der Waals surface area contributed by atoms with E-state index in [0.29, 0.717) is 5.92 Å². The molecule has 0 amide bonds. The first-order chi connectivity index (χ1) is 13.7. The number of fused-ring (bicyclic) bond motifs is 1. The van der Waals surface area contributed by atoms with Crippen molar-refractivity contribution in [3.8, 4) is 23.1 Å². The van der Waals surface area contributed by atoms with Gasteiger partial charge in [0, 0.05) is 36.5 Å². The van der Waals surface area contributed by atoms with Crippen molar-refractivity contribution in [1.82, 2.24) is 4.57 Å². The Morgan fingerprint density at radius 3 is 2.54 bits per heavy atom. The molecule has 28 heavy (non-hydrogen) atoms. The van der Waals surface area contributed by atoms with Crippen molar-refractivity contribution in [2.45, 2.75) is 26.3 Å². The lowest BCUT2D eigenvalue weighted by Crippen LogP contribution is -2.12. The molecule has 1 saturated carbocycles. The van der Waals surface area contributed by atoms with Crippen LogP contribution in [0.4, 0.5) is 5.69 Å². The SMILES string of the molecule is CCN(SC)c1ccc(-c2c(C#N)c3ccc(OC)cc3n2CC2CC2)cc1. The highest BCUT2D eigenvalue weighted by molar-refractivity contribution is 7.99. The zero-order valence-electron chi connectivity index (χ0n) is 16.6. The second kappa shape index (κ2) is 7.81. The van der Waals surface area contributed by atoms with Crippen LogP contribution in [-0.4, -0.2) is 24.5 Å². The van der Waals surface area contributed by atoms with Gasteiger partial charge in [-0.25, -0.2) is 0 Å². The van der Waals surface area contributed by atoms with E-state index in [1.165, 1.54) is 18.5 Å². The number of nitrogens with zero attached hydrogens (tertiary/aromatic N) is 3. The highest BCUT2D eigenvalue weighted by atomic mass is 32.2. The number of hydrogen-bond donors (Lipinski definition) is 0. The Morgan fingerprint density at radius 1 is 1.21 bits per heavy atom. The summed E-state index contributed by atoms with van der Waals surface area (Å²) in [6, 6.07) is 17.1. The zero-order valence-corrected chi connectivity index (χ0v) is 17.4. The summed E-state index contributed by atoms with van der Waals surface area (Å²) in [5.41, 5.74) is 5.14. The van der Waals surface area contributed by atoms with Gasteiger partial charge < -0.3 is 13.6 Å². The topological polar surface area (TPSA) is 41.2 Å². The Balaban J connectivity index is 1.88. The van der Waals surface area contributed by atoms with Gasteiger partial charge >= 0.3 is 0 Å². The van der Waals surface area contributed by atoms with E-state index in [0.717, 1.165) is 46.6 Å². The molecule has 4 nitrogen and oxygen atoms in total. The minimum absolute atomic E-state index is 0.707. The van der Waals surface area contributed by atoms with Crippen molar-refractivity contribution in [3.63, 3.8) is 0 Å². The number of ether oxygens (including phenoxy) is 1. The lowest BCUT2D eigenvalue weighted by atomic mass is 10.1. The number of aromatic nitrogens is 1. The van der Waals surface area contributed by atoms with Gasteiger partial charge in [0.2, 0.25) is 0 Å². The monoisotopic (exact) mass is 391 g/mol. The average Bonchev–Trinajstić information content (AvgIpc) is 3.50. The quantitative estimate of drug-likeness (QED) is 0.484. The fraction of sp³-hybridized carbons (Fsp3) is 0.348. The number of rotatable bonds is 7. The fourth-order valence-electron chi connectivity index (χ4n) is 3.82. The second-order valence-corrected chi connectivity index (χ2v) is 8.00. The van der Waals surface area contributed by atoms with Gasteiger partial charge in [0.15, 0.2) is 0 Å². The standard InChI is InChI=1S/C23H25N3OS/c1-4-26(28-3)18-9-7-17(8-10-18)23-21(14-24)20-12-11-19(27-2)13-22(20)25(23)15-16-5-6-16/h7-13,16H,4-6,15H2,1-3H3. The van der Waals surface area contributed by atoms with Crippen LogP contribution >= 0.6 is 11.9 Å². The number of benzene rings is 2. The molecule has 3 aromatic rings. The summed E-state index contributed by atoms with van der Waals surface area (Å²) in [4.78, 5) is 0. The summed E-state index contributed by atoms with van der Waals surface area (Å²) in [5.74, 6) is 1.53. The molecular formula is C23H25N3OS.